The van der Waals surface area contributed by atoms with Crippen molar-refractivity contribution in [3.8, 4) is 0 Å². The van der Waals surface area contributed by atoms with Gasteiger partial charge in [0.15, 0.2) is 17.7 Å². The number of ether oxygens (including phenoxy) is 1. The highest BCUT2D eigenvalue weighted by Crippen LogP contribution is 2.61. The van der Waals surface area contributed by atoms with E-state index in [1.165, 1.54) is 13.8 Å². The maximum absolute atomic E-state index is 12.6. The van der Waals surface area contributed by atoms with Gasteiger partial charge in [-0.25, -0.2) is 28.6 Å². The zero-order chi connectivity index (χ0) is 38.4. The zero-order valence-electron chi connectivity index (χ0n) is 27.7. The maximum atomic E-state index is 12.6. The molecule has 0 saturated carbocycles. The average molecular weight is 810 g/mol. The normalized spacial score (nSPS) is 22.8. The van der Waals surface area contributed by atoms with Crippen molar-refractivity contribution in [3.05, 3.63) is 12.7 Å². The van der Waals surface area contributed by atoms with E-state index >= 15 is 0 Å². The summed E-state index contributed by atoms with van der Waals surface area (Å²) in [6.07, 6.45) is -6.70. The number of rotatable bonds is 20. The lowest BCUT2D eigenvalue weighted by Gasteiger charge is -2.30. The van der Waals surface area contributed by atoms with E-state index in [1.54, 1.807) is 11.8 Å². The number of nitrogens with two attached hydrogens (primary N) is 1. The molecule has 0 bridgehead atoms. The second kappa shape index (κ2) is 17.8. The maximum Gasteiger partial charge on any atom is 0.481 e. The Morgan fingerprint density at radius 3 is 2.39 bits per heavy atom. The molecule has 10 N–H and O–H groups in total. The van der Waals surface area contributed by atoms with Crippen LogP contribution in [0.25, 0.3) is 11.2 Å². The predicted octanol–water partition coefficient (Wildman–Crippen LogP) is -0.453. The highest BCUT2D eigenvalue weighted by atomic mass is 32.2. The quantitative estimate of drug-likeness (QED) is 0.0604. The van der Waals surface area contributed by atoms with Gasteiger partial charge in [0.05, 0.1) is 19.5 Å². The first-order chi connectivity index (χ1) is 23.5. The van der Waals surface area contributed by atoms with Crippen LogP contribution >= 0.6 is 35.2 Å². The summed E-state index contributed by atoms with van der Waals surface area (Å²) < 4.78 is 61.9. The van der Waals surface area contributed by atoms with Gasteiger partial charge in [0.2, 0.25) is 11.8 Å². The van der Waals surface area contributed by atoms with Crippen LogP contribution in [0.3, 0.4) is 0 Å². The van der Waals surface area contributed by atoms with Gasteiger partial charge in [-0.15, -0.1) is 0 Å². The first-order valence-corrected chi connectivity index (χ1v) is 20.6. The molecule has 7 atom stereocenters. The number of aliphatic hydroxyl groups is 2. The van der Waals surface area contributed by atoms with Crippen molar-refractivity contribution in [2.45, 2.75) is 70.0 Å². The van der Waals surface area contributed by atoms with Crippen LogP contribution in [0.1, 0.15) is 40.3 Å². The van der Waals surface area contributed by atoms with Crippen molar-refractivity contribution in [3.63, 3.8) is 0 Å². The smallest absolute Gasteiger partial charge is 0.386 e. The molecule has 3 rings (SSSR count). The van der Waals surface area contributed by atoms with Crippen LogP contribution in [0.4, 0.5) is 5.82 Å². The Hall–Kier alpha value is -2.11. The van der Waals surface area contributed by atoms with Crippen molar-refractivity contribution in [2.24, 2.45) is 5.41 Å². The third-order valence-corrected chi connectivity index (χ3v) is 11.2. The number of nitrogens with zero attached hydrogens (tertiary/aromatic N) is 4. The number of aliphatic hydroxyl groups excluding tert-OH is 2. The van der Waals surface area contributed by atoms with E-state index in [0.717, 1.165) is 17.2 Å². The highest BCUT2D eigenvalue weighted by molar-refractivity contribution is 7.99. The molecule has 2 amide bonds. The molecule has 1 aliphatic heterocycles. The Morgan fingerprint density at radius 1 is 1.08 bits per heavy atom. The van der Waals surface area contributed by atoms with Crippen molar-refractivity contribution < 1.29 is 75.7 Å². The fourth-order valence-electron chi connectivity index (χ4n) is 4.42. The summed E-state index contributed by atoms with van der Waals surface area (Å²) in [6, 6.07) is 0. The van der Waals surface area contributed by atoms with Gasteiger partial charge in [-0.1, -0.05) is 27.7 Å². The molecule has 1 fully saturated rings. The number of nitrogens with one attached hydrogen (secondary N) is 2. The minimum absolute atomic E-state index is 0.0345. The number of phosphoric ester groups is 3. The molecule has 0 aliphatic carbocycles. The molecule has 51 heavy (non-hydrogen) atoms. The first kappa shape index (κ1) is 43.3. The molecule has 2 aromatic rings. The molecule has 3 heterocycles. The van der Waals surface area contributed by atoms with E-state index < -0.39 is 78.6 Å². The third-order valence-electron chi connectivity index (χ3n) is 6.95. The van der Waals surface area contributed by atoms with E-state index in [-0.39, 0.29) is 35.9 Å². The van der Waals surface area contributed by atoms with Gasteiger partial charge >= 0.3 is 23.5 Å². The van der Waals surface area contributed by atoms with Crippen LogP contribution in [0.2, 0.25) is 0 Å². The molecule has 27 heteroatoms. The van der Waals surface area contributed by atoms with Gasteiger partial charge in [-0.3, -0.25) is 27.7 Å². The Bertz CT molecular complexity index is 1660. The molecule has 290 valence electrons. The number of aromatic nitrogens is 4. The average Bonchev–Trinajstić information content (AvgIpc) is 3.57. The van der Waals surface area contributed by atoms with Crippen LogP contribution in [0, 0.1) is 5.41 Å². The lowest BCUT2D eigenvalue weighted by molar-refractivity contribution is -0.137. The van der Waals surface area contributed by atoms with Crippen molar-refractivity contribution >= 4 is 64.0 Å². The van der Waals surface area contributed by atoms with Gasteiger partial charge in [-0.05, 0) is 5.25 Å². The molecule has 2 aromatic heterocycles. The summed E-state index contributed by atoms with van der Waals surface area (Å²) in [5.41, 5.74) is 4.32. The summed E-state index contributed by atoms with van der Waals surface area (Å²) in [7, 11) is -16.3. The van der Waals surface area contributed by atoms with Gasteiger partial charge < -0.3 is 50.9 Å². The molecule has 23 nitrogen and oxygen atoms in total. The third kappa shape index (κ3) is 13.1. The van der Waals surface area contributed by atoms with Crippen molar-refractivity contribution in [2.75, 3.05) is 37.8 Å². The Balaban J connectivity index is 1.55. The number of hydrogen-bond donors (Lipinski definition) is 9. The fourth-order valence-corrected chi connectivity index (χ4v) is 7.95. The first-order valence-electron chi connectivity index (χ1n) is 15.0. The van der Waals surface area contributed by atoms with E-state index in [4.69, 9.17) is 19.5 Å². The summed E-state index contributed by atoms with van der Waals surface area (Å²) in [5.74, 6) is -0.572. The SMILES string of the molecule is CC(C)SCCNC(=O)CCNC(=O)C(O)C(C)(C)COP(=O)(O)OP(=O)(O)OCC1OC(n2cnc3c(N)ncnc32)C(O)C1OP(=O)(O)O. The number of hydrogen-bond acceptors (Lipinski definition) is 17. The van der Waals surface area contributed by atoms with Crippen LogP contribution in [0.5, 0.6) is 0 Å². The summed E-state index contributed by atoms with van der Waals surface area (Å²) >= 11 is 1.66. The van der Waals surface area contributed by atoms with E-state index in [2.05, 4.69) is 34.4 Å². The van der Waals surface area contributed by atoms with Crippen LogP contribution in [-0.4, -0.2) is 123 Å². The highest BCUT2D eigenvalue weighted by Gasteiger charge is 2.50. The van der Waals surface area contributed by atoms with E-state index in [9.17, 15) is 53.1 Å². The largest absolute Gasteiger partial charge is 0.481 e. The van der Waals surface area contributed by atoms with Crippen LogP contribution < -0.4 is 16.4 Å². The molecule has 7 unspecified atom stereocenters. The molecule has 0 spiro atoms. The van der Waals surface area contributed by atoms with Crippen LogP contribution in [0.15, 0.2) is 12.7 Å². The minimum Gasteiger partial charge on any atom is -0.386 e. The molecule has 1 aliphatic rings. The van der Waals surface area contributed by atoms with E-state index in [1.807, 2.05) is 13.8 Å². The number of anilines is 1. The van der Waals surface area contributed by atoms with E-state index in [0.29, 0.717) is 17.5 Å². The predicted molar refractivity (Wildman–Crippen MR) is 177 cm³/mol. The topological polar surface area (TPSA) is 347 Å². The van der Waals surface area contributed by atoms with Gasteiger partial charge in [-0.2, -0.15) is 16.1 Å². The Labute approximate surface area is 295 Å². The molecule has 0 aromatic carbocycles. The van der Waals surface area contributed by atoms with Gasteiger partial charge in [0.25, 0.3) is 0 Å². The lowest BCUT2D eigenvalue weighted by Crippen LogP contribution is -2.46. The summed E-state index contributed by atoms with van der Waals surface area (Å²) in [6.45, 7) is 4.95. The van der Waals surface area contributed by atoms with Crippen molar-refractivity contribution in [1.29, 1.82) is 0 Å². The molecule has 0 radical (unpaired) electrons. The number of fused-ring (bicyclic) bond motifs is 1. The number of thioether (sulfide) groups is 1. The second-order valence-corrected chi connectivity index (χ2v) is 17.9. The Kier molecular flexibility index (Phi) is 15.1. The summed E-state index contributed by atoms with van der Waals surface area (Å²) in [4.78, 5) is 75.2. The monoisotopic (exact) mass is 809 g/mol. The molecule has 1 saturated heterocycles. The second-order valence-electron chi connectivity index (χ2n) is 12.0. The molecular weight excluding hydrogens is 767 g/mol. The Morgan fingerprint density at radius 2 is 1.75 bits per heavy atom. The summed E-state index contributed by atoms with van der Waals surface area (Å²) in [5, 5.41) is 26.8. The molecular formula is C24H42N7O16P3S. The number of carbonyl (C=O) groups is 2. The number of imidazole rings is 1. The number of phosphoric acid groups is 3. The standard InChI is InChI=1S/C24H42N7O16P3S/c1-13(2)51-8-7-26-15(32)5-6-27-22(35)19(34)24(3,4)10-44-50(41,42)47-49(39,40)43-9-14-18(46-48(36,37)38)17(33)23(45-14)31-12-30-16-20(25)28-11-29-21(16)31/h11-14,17-19,23,33-34H,5-10H2,1-4H3,(H,26,32)(H,27,35)(H,39,40)(H,41,42)(H2,25,28,29)(H2,36,37,38). The minimum atomic E-state index is -5.54. The van der Waals surface area contributed by atoms with Gasteiger partial charge in [0, 0.05) is 30.7 Å². The number of carbonyl (C=O) groups excluding carboxylic acids is 2. The lowest BCUT2D eigenvalue weighted by atomic mass is 9.87. The number of nitrogen functional groups attached to an aromatic ring is 1. The van der Waals surface area contributed by atoms with Gasteiger partial charge in [0.1, 0.15) is 36.3 Å². The fraction of sp³-hybridized carbons (Fsp3) is 0.708. The van der Waals surface area contributed by atoms with Crippen molar-refractivity contribution in [1.82, 2.24) is 30.2 Å². The zero-order valence-corrected chi connectivity index (χ0v) is 31.2. The van der Waals surface area contributed by atoms with Crippen LogP contribution in [-0.2, 0) is 45.9 Å². The number of amides is 2.